The fourth-order valence-corrected chi connectivity index (χ4v) is 6.27. The lowest BCUT2D eigenvalue weighted by molar-refractivity contribution is 0.0255. The van der Waals surface area contributed by atoms with Crippen LogP contribution < -0.4 is 21.1 Å². The van der Waals surface area contributed by atoms with Crippen LogP contribution in [0.25, 0.3) is 5.69 Å². The predicted molar refractivity (Wildman–Crippen MR) is 147 cm³/mol. The lowest BCUT2D eigenvalue weighted by Crippen LogP contribution is -2.55. The third-order valence-electron chi connectivity index (χ3n) is 8.17. The molecule has 1 aromatic carbocycles. The number of nitrogens with zero attached hydrogens (tertiary/aromatic N) is 7. The Hall–Kier alpha value is -3.58. The SMILES string of the molecule is Cn1nnn(-c2cc(Nc3ncc(F)c(NC4CC5CCCN5C(C)(C)C4)n3)ccc2OC2CCOCC2)c1=O. The van der Waals surface area contributed by atoms with Gasteiger partial charge in [-0.1, -0.05) is 0 Å². The smallest absolute Gasteiger partial charge is 0.368 e. The van der Waals surface area contributed by atoms with Crippen molar-refractivity contribution >= 4 is 17.5 Å². The van der Waals surface area contributed by atoms with Crippen LogP contribution in [0, 0.1) is 5.82 Å². The van der Waals surface area contributed by atoms with Crippen molar-refractivity contribution in [3.05, 3.63) is 40.7 Å². The van der Waals surface area contributed by atoms with Crippen molar-refractivity contribution < 1.29 is 13.9 Å². The maximum Gasteiger partial charge on any atom is 0.368 e. The van der Waals surface area contributed by atoms with Crippen molar-refractivity contribution in [1.82, 2.24) is 34.7 Å². The Labute approximate surface area is 231 Å². The monoisotopic (exact) mass is 553 g/mol. The fourth-order valence-electron chi connectivity index (χ4n) is 6.27. The number of piperidine rings is 1. The van der Waals surface area contributed by atoms with Crippen LogP contribution >= 0.6 is 0 Å². The van der Waals surface area contributed by atoms with Crippen LogP contribution in [-0.2, 0) is 11.8 Å². The molecule has 2 N–H and O–H groups in total. The Morgan fingerprint density at radius 3 is 2.77 bits per heavy atom. The van der Waals surface area contributed by atoms with Crippen LogP contribution in [-0.4, -0.2) is 78.1 Å². The van der Waals surface area contributed by atoms with E-state index in [2.05, 4.69) is 49.8 Å². The van der Waals surface area contributed by atoms with Crippen LogP contribution in [0.5, 0.6) is 5.75 Å². The van der Waals surface area contributed by atoms with E-state index in [0.29, 0.717) is 36.4 Å². The van der Waals surface area contributed by atoms with Gasteiger partial charge in [0.1, 0.15) is 17.5 Å². The van der Waals surface area contributed by atoms with Gasteiger partial charge in [0.2, 0.25) is 5.95 Å². The number of tetrazole rings is 1. The first-order valence-corrected chi connectivity index (χ1v) is 14.0. The second-order valence-corrected chi connectivity index (χ2v) is 11.5. The van der Waals surface area contributed by atoms with E-state index in [1.807, 2.05) is 0 Å². The predicted octanol–water partition coefficient (Wildman–Crippen LogP) is 3.01. The number of halogens is 1. The van der Waals surface area contributed by atoms with Gasteiger partial charge in [-0.15, -0.1) is 0 Å². The second-order valence-electron chi connectivity index (χ2n) is 11.5. The van der Waals surface area contributed by atoms with Gasteiger partial charge >= 0.3 is 5.69 Å². The average molecular weight is 554 g/mol. The lowest BCUT2D eigenvalue weighted by Gasteiger charge is -2.47. The summed E-state index contributed by atoms with van der Waals surface area (Å²) in [5.74, 6) is 0.416. The number of hydrogen-bond donors (Lipinski definition) is 2. The highest BCUT2D eigenvalue weighted by atomic mass is 19.1. The van der Waals surface area contributed by atoms with Gasteiger partial charge in [-0.3, -0.25) is 4.90 Å². The maximum atomic E-state index is 14.8. The molecule has 12 nitrogen and oxygen atoms in total. The molecular formula is C27H36FN9O3. The lowest BCUT2D eigenvalue weighted by atomic mass is 9.84. The van der Waals surface area contributed by atoms with E-state index in [1.165, 1.54) is 30.8 Å². The quantitative estimate of drug-likeness (QED) is 0.451. The summed E-state index contributed by atoms with van der Waals surface area (Å²) in [6.45, 7) is 6.90. The zero-order valence-electron chi connectivity index (χ0n) is 23.1. The molecule has 3 aliphatic heterocycles. The molecule has 214 valence electrons. The summed E-state index contributed by atoms with van der Waals surface area (Å²) < 4.78 is 28.8. The molecule has 0 radical (unpaired) electrons. The zero-order valence-corrected chi connectivity index (χ0v) is 23.1. The van der Waals surface area contributed by atoms with Crippen molar-refractivity contribution in [2.75, 3.05) is 30.4 Å². The summed E-state index contributed by atoms with van der Waals surface area (Å²) in [7, 11) is 1.53. The number of hydrogen-bond acceptors (Lipinski definition) is 10. The number of fused-ring (bicyclic) bond motifs is 1. The van der Waals surface area contributed by atoms with Gasteiger partial charge in [0, 0.05) is 43.2 Å². The first-order valence-electron chi connectivity index (χ1n) is 14.0. The molecule has 0 bridgehead atoms. The standard InChI is InChI=1S/C27H36FN9O3/c1-27(2)15-18(13-19-5-4-10-36(19)27)30-24-21(28)16-29-25(32-24)31-17-6-7-23(40-20-8-11-39-12-9-20)22(14-17)37-26(38)35(3)33-34-37/h6-7,14,16,18-20H,4-5,8-13,15H2,1-3H3,(H2,29,30,31,32). The molecule has 0 spiro atoms. The van der Waals surface area contributed by atoms with E-state index in [4.69, 9.17) is 9.47 Å². The molecule has 2 unspecified atom stereocenters. The zero-order chi connectivity index (χ0) is 27.9. The van der Waals surface area contributed by atoms with Crippen molar-refractivity contribution in [2.45, 2.75) is 76.1 Å². The molecule has 2 atom stereocenters. The molecule has 13 heteroatoms. The van der Waals surface area contributed by atoms with Gasteiger partial charge in [0.25, 0.3) is 0 Å². The van der Waals surface area contributed by atoms with Crippen molar-refractivity contribution in [2.24, 2.45) is 7.05 Å². The van der Waals surface area contributed by atoms with Gasteiger partial charge in [-0.2, -0.15) is 14.3 Å². The molecule has 0 amide bonds. The number of aromatic nitrogens is 6. The number of benzene rings is 1. The molecule has 3 aromatic rings. The Bertz CT molecular complexity index is 1420. The van der Waals surface area contributed by atoms with Crippen molar-refractivity contribution in [1.29, 1.82) is 0 Å². The number of nitrogens with one attached hydrogen (secondary N) is 2. The Morgan fingerprint density at radius 2 is 2.00 bits per heavy atom. The largest absolute Gasteiger partial charge is 0.488 e. The minimum Gasteiger partial charge on any atom is -0.488 e. The Balaban J connectivity index is 1.23. The molecule has 2 aromatic heterocycles. The molecule has 0 aliphatic carbocycles. The topological polar surface area (TPSA) is 124 Å². The van der Waals surface area contributed by atoms with Crippen molar-refractivity contribution in [3.8, 4) is 11.4 Å². The Morgan fingerprint density at radius 1 is 1.18 bits per heavy atom. The highest BCUT2D eigenvalue weighted by Crippen LogP contribution is 2.38. The third kappa shape index (κ3) is 5.39. The van der Waals surface area contributed by atoms with Gasteiger partial charge in [-0.25, -0.2) is 14.2 Å². The van der Waals surface area contributed by atoms with E-state index in [1.54, 1.807) is 18.2 Å². The third-order valence-corrected chi connectivity index (χ3v) is 8.17. The maximum absolute atomic E-state index is 14.8. The molecule has 3 saturated heterocycles. The van der Waals surface area contributed by atoms with E-state index in [0.717, 1.165) is 36.9 Å². The number of rotatable bonds is 7. The summed E-state index contributed by atoms with van der Waals surface area (Å²) >= 11 is 0. The summed E-state index contributed by atoms with van der Waals surface area (Å²) in [6.07, 6.45) is 6.89. The Kier molecular flexibility index (Phi) is 7.17. The number of ether oxygens (including phenoxy) is 2. The van der Waals surface area contributed by atoms with Crippen LogP contribution in [0.15, 0.2) is 29.2 Å². The number of anilines is 3. The van der Waals surface area contributed by atoms with E-state index in [9.17, 15) is 9.18 Å². The first kappa shape index (κ1) is 26.6. The van der Waals surface area contributed by atoms with E-state index >= 15 is 0 Å². The molecule has 40 heavy (non-hydrogen) atoms. The van der Waals surface area contributed by atoms with Crippen LogP contribution in [0.2, 0.25) is 0 Å². The average Bonchev–Trinajstić information content (AvgIpc) is 3.54. The molecular weight excluding hydrogens is 517 g/mol. The van der Waals surface area contributed by atoms with Gasteiger partial charge in [-0.05, 0) is 74.7 Å². The van der Waals surface area contributed by atoms with Gasteiger partial charge in [0.15, 0.2) is 11.6 Å². The van der Waals surface area contributed by atoms with E-state index in [-0.39, 0.29) is 29.5 Å². The van der Waals surface area contributed by atoms with Gasteiger partial charge < -0.3 is 20.1 Å². The summed E-state index contributed by atoms with van der Waals surface area (Å²) in [5.41, 5.74) is 0.658. The normalized spacial score (nSPS) is 23.1. The van der Waals surface area contributed by atoms with Crippen LogP contribution in [0.1, 0.15) is 52.4 Å². The molecule has 0 saturated carbocycles. The first-order chi connectivity index (χ1) is 19.3. The van der Waals surface area contributed by atoms with Crippen LogP contribution in [0.3, 0.4) is 0 Å². The molecule has 3 aliphatic rings. The highest BCUT2D eigenvalue weighted by molar-refractivity contribution is 5.62. The summed E-state index contributed by atoms with van der Waals surface area (Å²) in [6, 6.07) is 5.92. The summed E-state index contributed by atoms with van der Waals surface area (Å²) in [4.78, 5) is 23.9. The highest BCUT2D eigenvalue weighted by Gasteiger charge is 2.43. The minimum atomic E-state index is -0.496. The minimum absolute atomic E-state index is 0.0335. The van der Waals surface area contributed by atoms with Gasteiger partial charge in [0.05, 0.1) is 19.4 Å². The fraction of sp³-hybridized carbons (Fsp3) is 0.593. The second kappa shape index (κ2) is 10.8. The number of aryl methyl sites for hydroxylation is 1. The van der Waals surface area contributed by atoms with Crippen molar-refractivity contribution in [3.63, 3.8) is 0 Å². The molecule has 6 rings (SSSR count). The van der Waals surface area contributed by atoms with Crippen LogP contribution in [0.4, 0.5) is 21.8 Å². The molecule has 5 heterocycles. The van der Waals surface area contributed by atoms with E-state index < -0.39 is 11.5 Å². The summed E-state index contributed by atoms with van der Waals surface area (Å²) in [5, 5.41) is 14.4. The molecule has 3 fully saturated rings.